The van der Waals surface area contributed by atoms with Crippen LogP contribution >= 0.6 is 0 Å². The summed E-state index contributed by atoms with van der Waals surface area (Å²) in [6.45, 7) is 1.42. The monoisotopic (exact) mass is 283 g/mol. The van der Waals surface area contributed by atoms with E-state index in [2.05, 4.69) is 24.3 Å². The smallest absolute Gasteiger partial charge is 0.161 e. The molecule has 2 N–H and O–H groups in total. The van der Waals surface area contributed by atoms with Crippen molar-refractivity contribution in [1.82, 2.24) is 0 Å². The number of aryl methyl sites for hydroxylation is 1. The van der Waals surface area contributed by atoms with E-state index in [0.717, 1.165) is 36.3 Å². The molecule has 0 saturated carbocycles. The number of benzene rings is 2. The second-order valence-electron chi connectivity index (χ2n) is 5.39. The zero-order valence-electron chi connectivity index (χ0n) is 12.1. The Labute approximate surface area is 125 Å². The quantitative estimate of drug-likeness (QED) is 0.934. The van der Waals surface area contributed by atoms with Gasteiger partial charge in [-0.05, 0) is 36.1 Å². The minimum atomic E-state index is 0.0161. The molecule has 0 aliphatic carbocycles. The summed E-state index contributed by atoms with van der Waals surface area (Å²) >= 11 is 0. The van der Waals surface area contributed by atoms with Gasteiger partial charge < -0.3 is 15.2 Å². The molecule has 3 nitrogen and oxygen atoms in total. The molecule has 0 radical (unpaired) electrons. The van der Waals surface area contributed by atoms with Crippen molar-refractivity contribution >= 4 is 0 Å². The van der Waals surface area contributed by atoms with Crippen LogP contribution in [-0.2, 0) is 6.42 Å². The van der Waals surface area contributed by atoms with Crippen molar-refractivity contribution in [3.8, 4) is 11.5 Å². The SMILES string of the molecule is N[C@H](CCc1ccccc1)c1ccc2c(c1)OCCCO2. The molecule has 0 fully saturated rings. The summed E-state index contributed by atoms with van der Waals surface area (Å²) in [4.78, 5) is 0. The lowest BCUT2D eigenvalue weighted by Gasteiger charge is -2.15. The Hall–Kier alpha value is -2.00. The molecule has 2 aromatic carbocycles. The van der Waals surface area contributed by atoms with Crippen LogP contribution in [0.3, 0.4) is 0 Å². The van der Waals surface area contributed by atoms with Gasteiger partial charge in [-0.15, -0.1) is 0 Å². The first-order valence-corrected chi connectivity index (χ1v) is 7.52. The molecular formula is C18H21NO2. The van der Waals surface area contributed by atoms with Gasteiger partial charge in [0.1, 0.15) is 0 Å². The van der Waals surface area contributed by atoms with E-state index in [0.29, 0.717) is 13.2 Å². The van der Waals surface area contributed by atoms with Crippen LogP contribution in [0.15, 0.2) is 48.5 Å². The van der Waals surface area contributed by atoms with E-state index >= 15 is 0 Å². The molecule has 3 rings (SSSR count). The third kappa shape index (κ3) is 3.56. The Morgan fingerprint density at radius 1 is 0.952 bits per heavy atom. The molecule has 1 aliphatic heterocycles. The average molecular weight is 283 g/mol. The van der Waals surface area contributed by atoms with Crippen LogP contribution in [0.2, 0.25) is 0 Å². The number of fused-ring (bicyclic) bond motifs is 1. The lowest BCUT2D eigenvalue weighted by atomic mass is 9.99. The second-order valence-corrected chi connectivity index (χ2v) is 5.39. The van der Waals surface area contributed by atoms with Gasteiger partial charge in [-0.3, -0.25) is 0 Å². The van der Waals surface area contributed by atoms with Gasteiger partial charge in [-0.2, -0.15) is 0 Å². The van der Waals surface area contributed by atoms with Crippen molar-refractivity contribution in [2.24, 2.45) is 5.73 Å². The van der Waals surface area contributed by atoms with E-state index in [-0.39, 0.29) is 6.04 Å². The first-order chi connectivity index (χ1) is 10.3. The number of ether oxygens (including phenoxy) is 2. The van der Waals surface area contributed by atoms with Crippen LogP contribution in [-0.4, -0.2) is 13.2 Å². The molecule has 0 saturated heterocycles. The zero-order chi connectivity index (χ0) is 14.5. The Morgan fingerprint density at radius 2 is 1.71 bits per heavy atom. The van der Waals surface area contributed by atoms with Gasteiger partial charge in [0.05, 0.1) is 13.2 Å². The standard InChI is InChI=1S/C18H21NO2/c19-16(9-7-14-5-2-1-3-6-14)15-8-10-17-18(13-15)21-12-4-11-20-17/h1-3,5-6,8,10,13,16H,4,7,9,11-12,19H2/t16-/m1/s1. The predicted octanol–water partition coefficient (Wildman–Crippen LogP) is 3.48. The molecule has 1 heterocycles. The molecule has 0 spiro atoms. The second kappa shape index (κ2) is 6.64. The van der Waals surface area contributed by atoms with Crippen LogP contribution in [0.5, 0.6) is 11.5 Å². The van der Waals surface area contributed by atoms with E-state index in [1.807, 2.05) is 24.3 Å². The summed E-state index contributed by atoms with van der Waals surface area (Å²) in [6.07, 6.45) is 2.82. The van der Waals surface area contributed by atoms with E-state index in [1.54, 1.807) is 0 Å². The van der Waals surface area contributed by atoms with Gasteiger partial charge in [0.15, 0.2) is 11.5 Å². The molecule has 2 aromatic rings. The molecule has 0 unspecified atom stereocenters. The molecule has 21 heavy (non-hydrogen) atoms. The van der Waals surface area contributed by atoms with Crippen LogP contribution in [0.25, 0.3) is 0 Å². The molecule has 1 atom stereocenters. The minimum Gasteiger partial charge on any atom is -0.490 e. The largest absolute Gasteiger partial charge is 0.490 e. The topological polar surface area (TPSA) is 44.5 Å². The number of nitrogens with two attached hydrogens (primary N) is 1. The molecule has 110 valence electrons. The fourth-order valence-corrected chi connectivity index (χ4v) is 2.54. The number of hydrogen-bond acceptors (Lipinski definition) is 3. The molecule has 1 aliphatic rings. The number of hydrogen-bond donors (Lipinski definition) is 1. The van der Waals surface area contributed by atoms with Crippen molar-refractivity contribution in [3.63, 3.8) is 0 Å². The maximum absolute atomic E-state index is 6.32. The normalized spacial score (nSPS) is 15.3. The zero-order valence-corrected chi connectivity index (χ0v) is 12.1. The van der Waals surface area contributed by atoms with E-state index < -0.39 is 0 Å². The van der Waals surface area contributed by atoms with Gasteiger partial charge in [0.25, 0.3) is 0 Å². The highest BCUT2D eigenvalue weighted by molar-refractivity contribution is 5.44. The van der Waals surface area contributed by atoms with Crippen molar-refractivity contribution in [2.75, 3.05) is 13.2 Å². The Balaban J connectivity index is 1.67. The van der Waals surface area contributed by atoms with E-state index in [4.69, 9.17) is 15.2 Å². The Morgan fingerprint density at radius 3 is 2.52 bits per heavy atom. The van der Waals surface area contributed by atoms with Crippen molar-refractivity contribution in [1.29, 1.82) is 0 Å². The Bertz CT molecular complexity index is 583. The van der Waals surface area contributed by atoms with E-state index in [9.17, 15) is 0 Å². The average Bonchev–Trinajstić information content (AvgIpc) is 2.78. The fourth-order valence-electron chi connectivity index (χ4n) is 2.54. The van der Waals surface area contributed by atoms with Gasteiger partial charge >= 0.3 is 0 Å². The van der Waals surface area contributed by atoms with Crippen LogP contribution in [0.1, 0.15) is 30.0 Å². The fraction of sp³-hybridized carbons (Fsp3) is 0.333. The molecule has 0 aromatic heterocycles. The summed E-state index contributed by atoms with van der Waals surface area (Å²) in [6, 6.07) is 16.5. The first-order valence-electron chi connectivity index (χ1n) is 7.52. The molecule has 0 bridgehead atoms. The first kappa shape index (κ1) is 14.0. The molecular weight excluding hydrogens is 262 g/mol. The summed E-state index contributed by atoms with van der Waals surface area (Å²) in [5, 5.41) is 0. The highest BCUT2D eigenvalue weighted by Gasteiger charge is 2.13. The lowest BCUT2D eigenvalue weighted by Crippen LogP contribution is -2.11. The minimum absolute atomic E-state index is 0.0161. The maximum atomic E-state index is 6.32. The van der Waals surface area contributed by atoms with Gasteiger partial charge in [0, 0.05) is 12.5 Å². The summed E-state index contributed by atoms with van der Waals surface area (Å²) in [5.74, 6) is 1.65. The molecule has 3 heteroatoms. The third-order valence-electron chi connectivity index (χ3n) is 3.79. The Kier molecular flexibility index (Phi) is 4.41. The summed E-state index contributed by atoms with van der Waals surface area (Å²) in [5.41, 5.74) is 8.75. The van der Waals surface area contributed by atoms with Crippen molar-refractivity contribution < 1.29 is 9.47 Å². The highest BCUT2D eigenvalue weighted by Crippen LogP contribution is 2.32. The maximum Gasteiger partial charge on any atom is 0.161 e. The third-order valence-corrected chi connectivity index (χ3v) is 3.79. The lowest BCUT2D eigenvalue weighted by molar-refractivity contribution is 0.297. The van der Waals surface area contributed by atoms with Gasteiger partial charge in [-0.25, -0.2) is 0 Å². The van der Waals surface area contributed by atoms with Crippen molar-refractivity contribution in [2.45, 2.75) is 25.3 Å². The van der Waals surface area contributed by atoms with Crippen LogP contribution in [0.4, 0.5) is 0 Å². The summed E-state index contributed by atoms with van der Waals surface area (Å²) < 4.78 is 11.4. The predicted molar refractivity (Wildman–Crippen MR) is 83.7 cm³/mol. The van der Waals surface area contributed by atoms with E-state index in [1.165, 1.54) is 5.56 Å². The van der Waals surface area contributed by atoms with Gasteiger partial charge in [-0.1, -0.05) is 36.4 Å². The van der Waals surface area contributed by atoms with Crippen molar-refractivity contribution in [3.05, 3.63) is 59.7 Å². The van der Waals surface area contributed by atoms with Crippen LogP contribution in [0, 0.1) is 0 Å². The summed E-state index contributed by atoms with van der Waals surface area (Å²) in [7, 11) is 0. The van der Waals surface area contributed by atoms with Crippen LogP contribution < -0.4 is 15.2 Å². The number of rotatable bonds is 4. The highest BCUT2D eigenvalue weighted by atomic mass is 16.5. The molecule has 0 amide bonds. The van der Waals surface area contributed by atoms with Gasteiger partial charge in [0.2, 0.25) is 0 Å².